The van der Waals surface area contributed by atoms with Crippen molar-refractivity contribution in [2.24, 2.45) is 0 Å². The first-order valence-electron chi connectivity index (χ1n) is 8.92. The molecule has 1 N–H and O–H groups in total. The number of carbonyl (C=O) groups excluding carboxylic acids is 2. The van der Waals surface area contributed by atoms with E-state index in [0.29, 0.717) is 31.9 Å². The molecule has 1 aromatic rings. The van der Waals surface area contributed by atoms with E-state index in [1.54, 1.807) is 29.0 Å². The minimum atomic E-state index is -0.287. The molecule has 0 atom stereocenters. The van der Waals surface area contributed by atoms with Crippen molar-refractivity contribution in [1.29, 1.82) is 0 Å². The summed E-state index contributed by atoms with van der Waals surface area (Å²) < 4.78 is 13.9. The topological polar surface area (TPSA) is 55.9 Å². The molecule has 1 saturated heterocycles. The molecule has 1 heterocycles. The summed E-state index contributed by atoms with van der Waals surface area (Å²) in [4.78, 5) is 29.8. The monoisotopic (exact) mass is 364 g/mol. The largest absolute Gasteiger partial charge is 0.366 e. The number of rotatable bonds is 5. The van der Waals surface area contributed by atoms with Gasteiger partial charge in [-0.15, -0.1) is 0 Å². The molecule has 0 bridgehead atoms. The maximum atomic E-state index is 13.9. The van der Waals surface area contributed by atoms with Gasteiger partial charge >= 0.3 is 0 Å². The van der Waals surface area contributed by atoms with Crippen LogP contribution in [0.5, 0.6) is 0 Å². The van der Waals surface area contributed by atoms with E-state index in [0.717, 1.165) is 0 Å². The SMILES string of the molecule is CN(CC(=O)NC(C)(C)C)CC(=O)N1CCN(c2ccccc2F)CC1. The van der Waals surface area contributed by atoms with Gasteiger partial charge in [-0.2, -0.15) is 0 Å². The molecule has 1 aromatic carbocycles. The van der Waals surface area contributed by atoms with Gasteiger partial charge in [-0.3, -0.25) is 14.5 Å². The summed E-state index contributed by atoms with van der Waals surface area (Å²) in [5.74, 6) is -0.349. The molecular formula is C19H29FN4O2. The third kappa shape index (κ3) is 5.98. The normalized spacial score (nSPS) is 15.3. The maximum Gasteiger partial charge on any atom is 0.236 e. The van der Waals surface area contributed by atoms with Crippen molar-refractivity contribution in [2.45, 2.75) is 26.3 Å². The minimum absolute atomic E-state index is 0.00996. The first-order valence-corrected chi connectivity index (χ1v) is 8.92. The van der Waals surface area contributed by atoms with Crippen molar-refractivity contribution in [2.75, 3.05) is 51.2 Å². The number of nitrogens with one attached hydrogen (secondary N) is 1. The van der Waals surface area contributed by atoms with E-state index in [4.69, 9.17) is 0 Å². The van der Waals surface area contributed by atoms with Crippen LogP contribution in [0.2, 0.25) is 0 Å². The molecular weight excluding hydrogens is 335 g/mol. The number of carbonyl (C=O) groups is 2. The predicted octanol–water partition coefficient (Wildman–Crippen LogP) is 1.32. The van der Waals surface area contributed by atoms with Crippen LogP contribution < -0.4 is 10.2 Å². The van der Waals surface area contributed by atoms with E-state index in [9.17, 15) is 14.0 Å². The molecule has 0 spiro atoms. The molecule has 0 aromatic heterocycles. The van der Waals surface area contributed by atoms with Gasteiger partial charge in [0.15, 0.2) is 0 Å². The van der Waals surface area contributed by atoms with E-state index in [1.165, 1.54) is 6.07 Å². The molecule has 0 aliphatic carbocycles. The highest BCUT2D eigenvalue weighted by Crippen LogP contribution is 2.20. The Bertz CT molecular complexity index is 637. The minimum Gasteiger partial charge on any atom is -0.366 e. The summed E-state index contributed by atoms with van der Waals surface area (Å²) >= 11 is 0. The lowest BCUT2D eigenvalue weighted by Crippen LogP contribution is -2.52. The average Bonchev–Trinajstić information content (AvgIpc) is 2.53. The van der Waals surface area contributed by atoms with Crippen LogP contribution in [0, 0.1) is 5.82 Å². The number of hydrogen-bond donors (Lipinski definition) is 1. The Balaban J connectivity index is 1.79. The van der Waals surface area contributed by atoms with Gasteiger partial charge < -0.3 is 15.1 Å². The quantitative estimate of drug-likeness (QED) is 0.856. The van der Waals surface area contributed by atoms with Crippen molar-refractivity contribution in [1.82, 2.24) is 15.1 Å². The molecule has 1 fully saturated rings. The Kier molecular flexibility index (Phi) is 6.58. The molecule has 6 nitrogen and oxygen atoms in total. The zero-order chi connectivity index (χ0) is 19.3. The average molecular weight is 364 g/mol. The summed E-state index contributed by atoms with van der Waals surface area (Å²) in [6, 6.07) is 6.69. The fourth-order valence-corrected chi connectivity index (χ4v) is 2.99. The number of piperazine rings is 1. The number of halogens is 1. The van der Waals surface area contributed by atoms with Crippen molar-refractivity contribution >= 4 is 17.5 Å². The number of hydrogen-bond acceptors (Lipinski definition) is 4. The summed E-state index contributed by atoms with van der Waals surface area (Å²) in [6.45, 7) is 8.43. The molecule has 2 amide bonds. The molecule has 2 rings (SSSR count). The van der Waals surface area contributed by atoms with Gasteiger partial charge in [0.25, 0.3) is 0 Å². The lowest BCUT2D eigenvalue weighted by atomic mass is 10.1. The number of nitrogens with zero attached hydrogens (tertiary/aromatic N) is 3. The van der Waals surface area contributed by atoms with Gasteiger partial charge in [0.1, 0.15) is 5.82 Å². The summed E-state index contributed by atoms with van der Waals surface area (Å²) in [5, 5.41) is 2.88. The van der Waals surface area contributed by atoms with Crippen LogP contribution in [0.15, 0.2) is 24.3 Å². The highest BCUT2D eigenvalue weighted by atomic mass is 19.1. The molecule has 26 heavy (non-hydrogen) atoms. The summed E-state index contributed by atoms with van der Waals surface area (Å²) in [7, 11) is 1.76. The standard InChI is InChI=1S/C19H29FN4O2/c1-19(2,3)21-17(25)13-22(4)14-18(26)24-11-9-23(10-12-24)16-8-6-5-7-15(16)20/h5-8H,9-14H2,1-4H3,(H,21,25). The number of amides is 2. The Hall–Kier alpha value is -2.15. The first-order chi connectivity index (χ1) is 12.2. The Labute approximate surface area is 154 Å². The van der Waals surface area contributed by atoms with Crippen LogP contribution in [-0.4, -0.2) is 73.5 Å². The van der Waals surface area contributed by atoms with Crippen LogP contribution in [0.1, 0.15) is 20.8 Å². The Morgan fingerprint density at radius 3 is 2.31 bits per heavy atom. The zero-order valence-corrected chi connectivity index (χ0v) is 16.1. The van der Waals surface area contributed by atoms with E-state index in [-0.39, 0.29) is 36.3 Å². The molecule has 144 valence electrons. The molecule has 0 saturated carbocycles. The fraction of sp³-hybridized carbons (Fsp3) is 0.579. The van der Waals surface area contributed by atoms with Gasteiger partial charge in [0.05, 0.1) is 18.8 Å². The van der Waals surface area contributed by atoms with Crippen LogP contribution in [0.4, 0.5) is 10.1 Å². The Morgan fingerprint density at radius 1 is 1.12 bits per heavy atom. The summed E-state index contributed by atoms with van der Waals surface area (Å²) in [5.41, 5.74) is 0.292. The zero-order valence-electron chi connectivity index (χ0n) is 16.1. The van der Waals surface area contributed by atoms with Gasteiger partial charge in [-0.1, -0.05) is 12.1 Å². The maximum absolute atomic E-state index is 13.9. The third-order valence-corrected chi connectivity index (χ3v) is 4.16. The van der Waals surface area contributed by atoms with Crippen LogP contribution in [-0.2, 0) is 9.59 Å². The smallest absolute Gasteiger partial charge is 0.236 e. The second kappa shape index (κ2) is 8.49. The van der Waals surface area contributed by atoms with Crippen molar-refractivity contribution in [3.63, 3.8) is 0 Å². The van der Waals surface area contributed by atoms with Gasteiger partial charge in [0, 0.05) is 31.7 Å². The van der Waals surface area contributed by atoms with E-state index < -0.39 is 0 Å². The molecule has 7 heteroatoms. The molecule has 0 unspecified atom stereocenters. The number of para-hydroxylation sites is 1. The van der Waals surface area contributed by atoms with E-state index in [2.05, 4.69) is 5.32 Å². The van der Waals surface area contributed by atoms with Crippen LogP contribution in [0.25, 0.3) is 0 Å². The summed E-state index contributed by atoms with van der Waals surface area (Å²) in [6.07, 6.45) is 0. The van der Waals surface area contributed by atoms with Crippen LogP contribution >= 0.6 is 0 Å². The number of likely N-dealkylation sites (N-methyl/N-ethyl adjacent to an activating group) is 1. The lowest BCUT2D eigenvalue weighted by molar-refractivity contribution is -0.133. The first kappa shape index (κ1) is 20.2. The third-order valence-electron chi connectivity index (χ3n) is 4.16. The van der Waals surface area contributed by atoms with Crippen molar-refractivity contribution < 1.29 is 14.0 Å². The number of benzene rings is 1. The number of anilines is 1. The van der Waals surface area contributed by atoms with Crippen molar-refractivity contribution in [3.8, 4) is 0 Å². The Morgan fingerprint density at radius 2 is 1.73 bits per heavy atom. The molecule has 1 aliphatic heterocycles. The van der Waals surface area contributed by atoms with Gasteiger partial charge in [-0.25, -0.2) is 4.39 Å². The van der Waals surface area contributed by atoms with Gasteiger partial charge in [-0.05, 0) is 40.0 Å². The lowest BCUT2D eigenvalue weighted by Gasteiger charge is -2.36. The highest BCUT2D eigenvalue weighted by Gasteiger charge is 2.24. The van der Waals surface area contributed by atoms with Crippen molar-refractivity contribution in [3.05, 3.63) is 30.1 Å². The van der Waals surface area contributed by atoms with Gasteiger partial charge in [0.2, 0.25) is 11.8 Å². The predicted molar refractivity (Wildman–Crippen MR) is 101 cm³/mol. The fourth-order valence-electron chi connectivity index (χ4n) is 2.99. The molecule has 0 radical (unpaired) electrons. The second-order valence-electron chi connectivity index (χ2n) is 7.79. The second-order valence-corrected chi connectivity index (χ2v) is 7.79. The molecule has 1 aliphatic rings. The van der Waals surface area contributed by atoms with E-state index >= 15 is 0 Å². The van der Waals surface area contributed by atoms with Crippen LogP contribution in [0.3, 0.4) is 0 Å². The van der Waals surface area contributed by atoms with E-state index in [1.807, 2.05) is 31.7 Å². The highest BCUT2D eigenvalue weighted by molar-refractivity contribution is 5.81.